The lowest BCUT2D eigenvalue weighted by atomic mass is 10.1. The quantitative estimate of drug-likeness (QED) is 0.467. The van der Waals surface area contributed by atoms with E-state index in [1.807, 2.05) is 0 Å². The van der Waals surface area contributed by atoms with Gasteiger partial charge in [-0.15, -0.1) is 0 Å². The molecule has 0 aliphatic carbocycles. The van der Waals surface area contributed by atoms with Gasteiger partial charge in [0.2, 0.25) is 11.8 Å². The minimum Gasteiger partial charge on any atom is -0.475 e. The van der Waals surface area contributed by atoms with E-state index in [2.05, 4.69) is 4.98 Å². The molecule has 2 aromatic rings. The number of nitrogens with zero attached hydrogens (tertiary/aromatic N) is 2. The van der Waals surface area contributed by atoms with Gasteiger partial charge < -0.3 is 14.4 Å². The van der Waals surface area contributed by atoms with Crippen LogP contribution in [0.4, 0.5) is 30.7 Å². The lowest BCUT2D eigenvalue weighted by molar-refractivity contribution is -0.138. The summed E-state index contributed by atoms with van der Waals surface area (Å²) in [6.45, 7) is 0.230. The molecule has 1 aromatic carbocycles. The smallest absolute Gasteiger partial charge is 0.417 e. The molecular weight excluding hydrogens is 461 g/mol. The zero-order chi connectivity index (χ0) is 24.2. The zero-order valence-corrected chi connectivity index (χ0v) is 16.8. The van der Waals surface area contributed by atoms with E-state index in [1.54, 1.807) is 0 Å². The normalized spacial score (nSPS) is 17.4. The number of halogens is 7. The van der Waals surface area contributed by atoms with Crippen molar-refractivity contribution in [2.75, 3.05) is 26.3 Å². The number of carbonyl (C=O) groups excluding carboxylic acids is 1. The molecule has 12 heteroatoms. The van der Waals surface area contributed by atoms with Crippen molar-refractivity contribution in [3.63, 3.8) is 0 Å². The second kappa shape index (κ2) is 9.77. The van der Waals surface area contributed by atoms with Crippen LogP contribution in [0.15, 0.2) is 42.6 Å². The largest absolute Gasteiger partial charge is 0.475 e. The Balaban J connectivity index is 1.59. The predicted octanol–water partition coefficient (Wildman–Crippen LogP) is 4.58. The minimum atomic E-state index is -4.79. The summed E-state index contributed by atoms with van der Waals surface area (Å²) in [5.41, 5.74) is -2.50. The Bertz CT molecular complexity index is 1000. The number of aromatic nitrogens is 1. The Morgan fingerprint density at radius 1 is 1.15 bits per heavy atom. The molecule has 1 fully saturated rings. The van der Waals surface area contributed by atoms with Crippen LogP contribution in [0.1, 0.15) is 16.7 Å². The van der Waals surface area contributed by atoms with E-state index in [0.29, 0.717) is 12.3 Å². The van der Waals surface area contributed by atoms with Gasteiger partial charge in [-0.3, -0.25) is 4.79 Å². The molecule has 1 aliphatic heterocycles. The predicted molar refractivity (Wildman–Crippen MR) is 101 cm³/mol. The molecule has 1 aromatic heterocycles. The van der Waals surface area contributed by atoms with Crippen LogP contribution in [-0.2, 0) is 21.9 Å². The van der Waals surface area contributed by atoms with Gasteiger partial charge in [-0.25, -0.2) is 9.37 Å². The highest BCUT2D eigenvalue weighted by Crippen LogP contribution is 2.33. The van der Waals surface area contributed by atoms with E-state index in [0.717, 1.165) is 36.4 Å². The van der Waals surface area contributed by atoms with Gasteiger partial charge in [-0.2, -0.15) is 26.3 Å². The molecule has 0 saturated carbocycles. The highest BCUT2D eigenvalue weighted by molar-refractivity contribution is 5.92. The van der Waals surface area contributed by atoms with Crippen LogP contribution in [0.5, 0.6) is 5.88 Å². The molecule has 0 bridgehead atoms. The van der Waals surface area contributed by atoms with E-state index < -0.39 is 41.3 Å². The summed E-state index contributed by atoms with van der Waals surface area (Å²) in [5, 5.41) is 0. The average molecular weight is 478 g/mol. The number of rotatable bonds is 5. The number of benzene rings is 1. The maximum atomic E-state index is 13.2. The van der Waals surface area contributed by atoms with Crippen molar-refractivity contribution >= 4 is 12.0 Å². The molecule has 0 spiro atoms. The fourth-order valence-corrected chi connectivity index (χ4v) is 3.02. The molecule has 33 heavy (non-hydrogen) atoms. The highest BCUT2D eigenvalue weighted by atomic mass is 19.4. The van der Waals surface area contributed by atoms with Gasteiger partial charge in [-0.05, 0) is 29.8 Å². The van der Waals surface area contributed by atoms with Crippen LogP contribution in [0, 0.1) is 5.82 Å². The lowest BCUT2D eigenvalue weighted by Gasteiger charge is -2.32. The topological polar surface area (TPSA) is 51.7 Å². The van der Waals surface area contributed by atoms with Gasteiger partial charge in [0.1, 0.15) is 18.5 Å². The van der Waals surface area contributed by atoms with Crippen LogP contribution in [0.25, 0.3) is 6.08 Å². The van der Waals surface area contributed by atoms with E-state index in [4.69, 9.17) is 9.47 Å². The number of hydrogen-bond donors (Lipinski definition) is 0. The summed E-state index contributed by atoms with van der Waals surface area (Å²) in [6.07, 6.45) is -7.42. The Labute approximate surface area is 183 Å². The molecule has 1 aliphatic rings. The highest BCUT2D eigenvalue weighted by Gasteiger charge is 2.33. The van der Waals surface area contributed by atoms with Crippen LogP contribution in [-0.4, -0.2) is 48.2 Å². The fraction of sp³-hybridized carbons (Fsp3) is 0.333. The number of hydrogen-bond acceptors (Lipinski definition) is 4. The number of morpholine rings is 1. The Morgan fingerprint density at radius 2 is 1.91 bits per heavy atom. The van der Waals surface area contributed by atoms with Crippen molar-refractivity contribution < 1.29 is 45.0 Å². The van der Waals surface area contributed by atoms with Gasteiger partial charge in [0.15, 0.2) is 0 Å². The van der Waals surface area contributed by atoms with E-state index in [-0.39, 0.29) is 37.7 Å². The molecule has 0 N–H and O–H groups in total. The number of alkyl halides is 6. The van der Waals surface area contributed by atoms with Crippen LogP contribution in [0.3, 0.4) is 0 Å². The van der Waals surface area contributed by atoms with Crippen molar-refractivity contribution in [3.05, 3.63) is 65.1 Å². The first-order valence-corrected chi connectivity index (χ1v) is 9.55. The van der Waals surface area contributed by atoms with E-state index >= 15 is 0 Å². The van der Waals surface area contributed by atoms with Crippen LogP contribution in [0.2, 0.25) is 0 Å². The first-order chi connectivity index (χ1) is 15.4. The molecule has 1 amide bonds. The summed E-state index contributed by atoms with van der Waals surface area (Å²) in [7, 11) is 0. The molecule has 3 rings (SSSR count). The molecule has 1 saturated heterocycles. The van der Waals surface area contributed by atoms with Gasteiger partial charge in [-0.1, -0.05) is 6.07 Å². The SMILES string of the molecule is O=C(/C=C/c1ccc(F)cc1C(F)(F)F)N1CCOC(COc2ccc(C(F)(F)F)cn2)C1. The van der Waals surface area contributed by atoms with Crippen molar-refractivity contribution in [3.8, 4) is 5.88 Å². The van der Waals surface area contributed by atoms with Gasteiger partial charge >= 0.3 is 12.4 Å². The first-order valence-electron chi connectivity index (χ1n) is 9.55. The van der Waals surface area contributed by atoms with Crippen LogP contribution >= 0.6 is 0 Å². The summed E-state index contributed by atoms with van der Waals surface area (Å²) in [5.74, 6) is -1.70. The monoisotopic (exact) mass is 478 g/mol. The molecule has 178 valence electrons. The van der Waals surface area contributed by atoms with Crippen molar-refractivity contribution in [1.82, 2.24) is 9.88 Å². The van der Waals surface area contributed by atoms with Gasteiger partial charge in [0.05, 0.1) is 24.3 Å². The third-order valence-electron chi connectivity index (χ3n) is 4.66. The minimum absolute atomic E-state index is 0.0410. The first kappa shape index (κ1) is 24.5. The summed E-state index contributed by atoms with van der Waals surface area (Å²) >= 11 is 0. The third-order valence-corrected chi connectivity index (χ3v) is 4.66. The number of ether oxygens (including phenoxy) is 2. The maximum Gasteiger partial charge on any atom is 0.417 e. The van der Waals surface area contributed by atoms with Gasteiger partial charge in [0, 0.05) is 24.9 Å². The molecule has 5 nitrogen and oxygen atoms in total. The molecule has 1 unspecified atom stereocenters. The Hall–Kier alpha value is -3.15. The molecule has 0 radical (unpaired) electrons. The standard InChI is InChI=1S/C21H17F7N2O3/c22-15-4-1-13(17(9-15)21(26,27)28)2-6-19(31)30-7-8-32-16(11-30)12-33-18-5-3-14(10-29-18)20(23,24)25/h1-6,9-10,16H,7-8,11-12H2/b6-2+. The summed E-state index contributed by atoms with van der Waals surface area (Å²) in [6, 6.07) is 4.00. The number of amides is 1. The van der Waals surface area contributed by atoms with Crippen molar-refractivity contribution in [2.45, 2.75) is 18.5 Å². The summed E-state index contributed by atoms with van der Waals surface area (Å²) in [4.78, 5) is 17.3. The Kier molecular flexibility index (Phi) is 7.25. The summed E-state index contributed by atoms with van der Waals surface area (Å²) < 4.78 is 101. The third kappa shape index (κ3) is 6.67. The zero-order valence-electron chi connectivity index (χ0n) is 16.8. The molecule has 1 atom stereocenters. The average Bonchev–Trinajstić information content (AvgIpc) is 2.76. The molecular formula is C21H17F7N2O3. The number of pyridine rings is 1. The van der Waals surface area contributed by atoms with E-state index in [1.165, 1.54) is 4.90 Å². The van der Waals surface area contributed by atoms with Crippen LogP contribution < -0.4 is 4.74 Å². The van der Waals surface area contributed by atoms with Crippen molar-refractivity contribution in [1.29, 1.82) is 0 Å². The van der Waals surface area contributed by atoms with Crippen molar-refractivity contribution in [2.24, 2.45) is 0 Å². The van der Waals surface area contributed by atoms with Gasteiger partial charge in [0.25, 0.3) is 0 Å². The Morgan fingerprint density at radius 3 is 2.55 bits per heavy atom. The number of carbonyl (C=O) groups is 1. The second-order valence-electron chi connectivity index (χ2n) is 7.03. The second-order valence-corrected chi connectivity index (χ2v) is 7.03. The van der Waals surface area contributed by atoms with E-state index in [9.17, 15) is 35.5 Å². The lowest BCUT2D eigenvalue weighted by Crippen LogP contribution is -2.47. The molecule has 2 heterocycles. The fourth-order valence-electron chi connectivity index (χ4n) is 3.02. The maximum absolute atomic E-state index is 13.2.